The lowest BCUT2D eigenvalue weighted by atomic mass is 9.74. The van der Waals surface area contributed by atoms with Gasteiger partial charge in [-0.1, -0.05) is 6.07 Å². The summed E-state index contributed by atoms with van der Waals surface area (Å²) in [7, 11) is 1.55. The van der Waals surface area contributed by atoms with Gasteiger partial charge in [0.25, 0.3) is 0 Å². The molecule has 1 fully saturated rings. The molecule has 4 rings (SSSR count). The van der Waals surface area contributed by atoms with Gasteiger partial charge in [0.05, 0.1) is 16.8 Å². The lowest BCUT2D eigenvalue weighted by Crippen LogP contribution is -2.42. The van der Waals surface area contributed by atoms with Crippen molar-refractivity contribution in [3.8, 4) is 5.75 Å². The molecule has 0 amide bonds. The number of likely N-dealkylation sites (tertiary alicyclic amines) is 1. The number of hydrogen-bond acceptors (Lipinski definition) is 6. The van der Waals surface area contributed by atoms with Crippen LogP contribution in [0, 0.1) is 5.41 Å². The molecule has 34 heavy (non-hydrogen) atoms. The largest absolute Gasteiger partial charge is 0.497 e. The Hall–Kier alpha value is -1.74. The Morgan fingerprint density at radius 1 is 1.29 bits per heavy atom. The van der Waals surface area contributed by atoms with Crippen molar-refractivity contribution < 1.29 is 18.6 Å². The Morgan fingerprint density at radius 2 is 2.12 bits per heavy atom. The van der Waals surface area contributed by atoms with Gasteiger partial charge >= 0.3 is 0 Å². The molecule has 4 nitrogen and oxygen atoms in total. The van der Waals surface area contributed by atoms with E-state index >= 15 is 4.39 Å². The number of methoxy groups -OCH3 is 1. The lowest BCUT2D eigenvalue weighted by molar-refractivity contribution is 0.0322. The van der Waals surface area contributed by atoms with Crippen LogP contribution in [0.5, 0.6) is 5.75 Å². The number of piperidine rings is 1. The van der Waals surface area contributed by atoms with Crippen molar-refractivity contribution in [3.05, 3.63) is 53.0 Å². The van der Waals surface area contributed by atoms with Crippen LogP contribution in [0.15, 0.2) is 46.1 Å². The highest BCUT2D eigenvalue weighted by atomic mass is 32.2. The summed E-state index contributed by atoms with van der Waals surface area (Å²) in [5.74, 6) is 1.64. The fourth-order valence-corrected chi connectivity index (χ4v) is 6.64. The number of benzene rings is 1. The molecule has 1 saturated heterocycles. The van der Waals surface area contributed by atoms with E-state index in [-0.39, 0.29) is 24.0 Å². The summed E-state index contributed by atoms with van der Waals surface area (Å²) < 4.78 is 36.0. The monoisotopic (exact) mass is 506 g/mol. The summed E-state index contributed by atoms with van der Waals surface area (Å²) in [6.07, 6.45) is 2.62. The standard InChI is InChI=1S/C26H32F2N2O2S2/c1-32-20-4-5-23-21(15-20)25(19(16-27)17-29-23)22(28)6-7-26(18-31)8-10-30(11-9-26)12-14-34-24-3-2-13-33-24/h2-5,13,15,17,22,31H,6-12,14,16,18H2,1H3. The van der Waals surface area contributed by atoms with Crippen molar-refractivity contribution in [1.29, 1.82) is 0 Å². The fourth-order valence-electron chi connectivity index (χ4n) is 4.77. The molecule has 1 unspecified atom stereocenters. The van der Waals surface area contributed by atoms with E-state index in [4.69, 9.17) is 4.74 Å². The number of hydrogen-bond donors (Lipinski definition) is 1. The van der Waals surface area contributed by atoms with E-state index in [2.05, 4.69) is 27.4 Å². The minimum absolute atomic E-state index is 0.0540. The molecule has 0 spiro atoms. The van der Waals surface area contributed by atoms with Gasteiger partial charge in [-0.3, -0.25) is 4.98 Å². The zero-order chi connectivity index (χ0) is 24.0. The second-order valence-corrected chi connectivity index (χ2v) is 11.3. The number of alkyl halides is 2. The molecule has 1 N–H and O–H groups in total. The second-order valence-electron chi connectivity index (χ2n) is 9.00. The second kappa shape index (κ2) is 11.8. The first kappa shape index (κ1) is 25.4. The number of fused-ring (bicyclic) bond motifs is 1. The van der Waals surface area contributed by atoms with E-state index in [0.29, 0.717) is 28.6 Å². The molecule has 3 heterocycles. The van der Waals surface area contributed by atoms with Gasteiger partial charge in [-0.25, -0.2) is 8.78 Å². The van der Waals surface area contributed by atoms with Crippen LogP contribution in [0.2, 0.25) is 0 Å². The van der Waals surface area contributed by atoms with E-state index in [1.165, 1.54) is 10.4 Å². The third-order valence-corrected chi connectivity index (χ3v) is 9.09. The predicted molar refractivity (Wildman–Crippen MR) is 136 cm³/mol. The zero-order valence-corrected chi connectivity index (χ0v) is 21.1. The molecule has 0 radical (unpaired) electrons. The molecule has 0 aliphatic carbocycles. The number of nitrogens with zero attached hydrogens (tertiary/aromatic N) is 2. The molecule has 0 bridgehead atoms. The minimum Gasteiger partial charge on any atom is -0.497 e. The average molecular weight is 507 g/mol. The van der Waals surface area contributed by atoms with Crippen LogP contribution in [0.1, 0.15) is 43.0 Å². The van der Waals surface area contributed by atoms with Gasteiger partial charge in [-0.05, 0) is 73.8 Å². The van der Waals surface area contributed by atoms with Crippen molar-refractivity contribution >= 4 is 34.0 Å². The smallest absolute Gasteiger partial charge is 0.126 e. The first-order valence-electron chi connectivity index (χ1n) is 11.7. The normalized spacial score (nSPS) is 17.2. The summed E-state index contributed by atoms with van der Waals surface area (Å²) in [6, 6.07) is 9.50. The molecular weight excluding hydrogens is 474 g/mol. The van der Waals surface area contributed by atoms with Gasteiger partial charge in [-0.15, -0.1) is 23.1 Å². The van der Waals surface area contributed by atoms with Crippen LogP contribution in [0.4, 0.5) is 8.78 Å². The third kappa shape index (κ3) is 5.90. The van der Waals surface area contributed by atoms with Crippen molar-refractivity contribution in [1.82, 2.24) is 9.88 Å². The first-order valence-corrected chi connectivity index (χ1v) is 13.6. The Labute approximate surface area is 208 Å². The Morgan fingerprint density at radius 3 is 2.79 bits per heavy atom. The maximum atomic E-state index is 15.7. The Kier molecular flexibility index (Phi) is 8.80. The maximum absolute atomic E-state index is 15.7. The SMILES string of the molecule is COc1ccc2ncc(CF)c(C(F)CCC3(CO)CCN(CCSc4cccs4)CC3)c2c1. The van der Waals surface area contributed by atoms with Gasteiger partial charge in [-0.2, -0.15) is 0 Å². The van der Waals surface area contributed by atoms with Gasteiger partial charge in [0.15, 0.2) is 0 Å². The van der Waals surface area contributed by atoms with Gasteiger partial charge in [0.1, 0.15) is 18.6 Å². The Balaban J connectivity index is 1.38. The molecule has 0 saturated carbocycles. The number of thioether (sulfide) groups is 1. The minimum atomic E-state index is -1.33. The molecule has 3 aromatic rings. The quantitative estimate of drug-likeness (QED) is 0.304. The molecular formula is C26H32F2N2O2S2. The number of aromatic nitrogens is 1. The van der Waals surface area contributed by atoms with Crippen LogP contribution >= 0.6 is 23.1 Å². The summed E-state index contributed by atoms with van der Waals surface area (Å²) in [4.78, 5) is 6.73. The molecule has 1 aliphatic heterocycles. The molecule has 8 heteroatoms. The van der Waals surface area contributed by atoms with E-state index in [1.54, 1.807) is 36.6 Å². The van der Waals surface area contributed by atoms with E-state index in [0.717, 1.165) is 38.2 Å². The summed E-state index contributed by atoms with van der Waals surface area (Å²) >= 11 is 3.65. The van der Waals surface area contributed by atoms with E-state index < -0.39 is 12.8 Å². The highest BCUT2D eigenvalue weighted by molar-refractivity contribution is 8.01. The number of aliphatic hydroxyl groups excluding tert-OH is 1. The van der Waals surface area contributed by atoms with Crippen LogP contribution in [0.25, 0.3) is 10.9 Å². The lowest BCUT2D eigenvalue weighted by Gasteiger charge is -2.41. The fraction of sp³-hybridized carbons (Fsp3) is 0.500. The number of ether oxygens (including phenoxy) is 1. The molecule has 1 aliphatic rings. The van der Waals surface area contributed by atoms with Crippen LogP contribution in [0.3, 0.4) is 0 Å². The van der Waals surface area contributed by atoms with Gasteiger partial charge in [0.2, 0.25) is 0 Å². The summed E-state index contributed by atoms with van der Waals surface area (Å²) in [5.41, 5.74) is 0.992. The Bertz CT molecular complexity index is 1050. The molecule has 2 aromatic heterocycles. The van der Waals surface area contributed by atoms with Gasteiger partial charge < -0.3 is 14.7 Å². The van der Waals surface area contributed by atoms with Crippen LogP contribution in [-0.2, 0) is 6.67 Å². The van der Waals surface area contributed by atoms with Crippen molar-refractivity contribution in [2.45, 2.75) is 42.7 Å². The van der Waals surface area contributed by atoms with Crippen molar-refractivity contribution in [2.75, 3.05) is 39.1 Å². The topological polar surface area (TPSA) is 45.6 Å². The maximum Gasteiger partial charge on any atom is 0.126 e. The third-order valence-electron chi connectivity index (χ3n) is 6.98. The molecule has 184 valence electrons. The zero-order valence-electron chi connectivity index (χ0n) is 19.5. The van der Waals surface area contributed by atoms with Crippen molar-refractivity contribution in [2.24, 2.45) is 5.41 Å². The van der Waals surface area contributed by atoms with Crippen LogP contribution < -0.4 is 4.74 Å². The number of pyridine rings is 1. The summed E-state index contributed by atoms with van der Waals surface area (Å²) in [6.45, 7) is 2.12. The number of aliphatic hydroxyl groups is 1. The highest BCUT2D eigenvalue weighted by Gasteiger charge is 2.35. The number of rotatable bonds is 11. The summed E-state index contributed by atoms with van der Waals surface area (Å²) in [5, 5.41) is 12.9. The predicted octanol–water partition coefficient (Wildman–Crippen LogP) is 6.43. The average Bonchev–Trinajstić information content (AvgIpc) is 3.40. The molecule has 1 aromatic carbocycles. The highest BCUT2D eigenvalue weighted by Crippen LogP contribution is 2.41. The van der Waals surface area contributed by atoms with Crippen LogP contribution in [-0.4, -0.2) is 54.1 Å². The number of halogens is 2. The van der Waals surface area contributed by atoms with E-state index in [9.17, 15) is 9.50 Å². The number of thiophene rings is 1. The first-order chi connectivity index (χ1) is 16.6. The van der Waals surface area contributed by atoms with Crippen molar-refractivity contribution in [3.63, 3.8) is 0 Å². The van der Waals surface area contributed by atoms with E-state index in [1.807, 2.05) is 11.8 Å². The molecule has 1 atom stereocenters. The van der Waals surface area contributed by atoms with Gasteiger partial charge in [0, 0.05) is 41.6 Å².